The third-order valence-corrected chi connectivity index (χ3v) is 8.14. The van der Waals surface area contributed by atoms with E-state index in [1.54, 1.807) is 12.1 Å². The maximum absolute atomic E-state index is 13.6. The number of halogens is 1. The molecule has 1 fully saturated rings. The first-order valence-electron chi connectivity index (χ1n) is 11.9. The summed E-state index contributed by atoms with van der Waals surface area (Å²) in [5.41, 5.74) is 4.88. The topological polar surface area (TPSA) is 87.7 Å². The summed E-state index contributed by atoms with van der Waals surface area (Å²) in [5.74, 6) is -2.11. The average Bonchev–Trinajstić information content (AvgIpc) is 2.90. The Balaban J connectivity index is 1.50. The zero-order chi connectivity index (χ0) is 25.4. The number of sulfonamides is 1. The van der Waals surface area contributed by atoms with Crippen LogP contribution in [0, 0.1) is 11.7 Å². The lowest BCUT2D eigenvalue weighted by Gasteiger charge is -2.36. The Morgan fingerprint density at radius 2 is 1.64 bits per heavy atom. The molecule has 0 radical (unpaired) electrons. The fraction of sp³-hybridized carbons (Fsp3) is 0.296. The number of carbonyl (C=O) groups excluding carboxylic acids is 1. The molecule has 2 atom stereocenters. The van der Waals surface area contributed by atoms with Gasteiger partial charge in [0.25, 0.3) is 0 Å². The van der Waals surface area contributed by atoms with Crippen LogP contribution in [0.5, 0.6) is 0 Å². The van der Waals surface area contributed by atoms with Gasteiger partial charge in [-0.1, -0.05) is 72.8 Å². The maximum atomic E-state index is 13.6. The van der Waals surface area contributed by atoms with Crippen molar-refractivity contribution < 1.29 is 22.4 Å². The maximum Gasteiger partial charge on any atom is 0.248 e. The van der Waals surface area contributed by atoms with Crippen LogP contribution < -0.4 is 10.8 Å². The molecule has 3 aromatic rings. The van der Waals surface area contributed by atoms with Gasteiger partial charge in [-0.25, -0.2) is 18.3 Å². The molecule has 0 bridgehead atoms. The van der Waals surface area contributed by atoms with Crippen molar-refractivity contribution >= 4 is 15.9 Å². The van der Waals surface area contributed by atoms with E-state index in [0.717, 1.165) is 11.1 Å². The second-order valence-electron chi connectivity index (χ2n) is 8.79. The summed E-state index contributed by atoms with van der Waals surface area (Å²) in [6.07, 6.45) is 0.244. The second-order valence-corrected chi connectivity index (χ2v) is 10.8. The van der Waals surface area contributed by atoms with E-state index >= 15 is 0 Å². The van der Waals surface area contributed by atoms with Gasteiger partial charge in [0, 0.05) is 19.6 Å². The molecule has 1 aliphatic rings. The Kier molecular flexibility index (Phi) is 8.82. The lowest BCUT2D eigenvalue weighted by molar-refractivity contribution is -0.138. The van der Waals surface area contributed by atoms with Gasteiger partial charge in [0.15, 0.2) is 0 Å². The highest BCUT2D eigenvalue weighted by Crippen LogP contribution is 2.27. The number of carbonyl (C=O) groups is 1. The summed E-state index contributed by atoms with van der Waals surface area (Å²) in [7, 11) is -3.85. The number of hydroxylamine groups is 1. The van der Waals surface area contributed by atoms with E-state index < -0.39 is 27.9 Å². The van der Waals surface area contributed by atoms with Gasteiger partial charge in [0.1, 0.15) is 5.82 Å². The monoisotopic (exact) mass is 511 g/mol. The van der Waals surface area contributed by atoms with Gasteiger partial charge in [-0.15, -0.1) is 0 Å². The Morgan fingerprint density at radius 3 is 2.31 bits per heavy atom. The molecule has 0 saturated carbocycles. The van der Waals surface area contributed by atoms with Crippen LogP contribution in [-0.4, -0.2) is 44.0 Å². The first kappa shape index (κ1) is 26.0. The van der Waals surface area contributed by atoms with Crippen LogP contribution in [0.1, 0.15) is 22.7 Å². The minimum atomic E-state index is -3.85. The van der Waals surface area contributed by atoms with Gasteiger partial charge in [-0.05, 0) is 35.2 Å². The molecule has 36 heavy (non-hydrogen) atoms. The van der Waals surface area contributed by atoms with Crippen LogP contribution in [0.4, 0.5) is 4.39 Å². The van der Waals surface area contributed by atoms with Crippen molar-refractivity contribution in [3.8, 4) is 0 Å². The fourth-order valence-electron chi connectivity index (χ4n) is 4.31. The van der Waals surface area contributed by atoms with Gasteiger partial charge in [0.2, 0.25) is 15.9 Å². The van der Waals surface area contributed by atoms with E-state index in [1.165, 1.54) is 16.4 Å². The van der Waals surface area contributed by atoms with Crippen molar-refractivity contribution in [1.82, 2.24) is 15.1 Å². The van der Waals surface area contributed by atoms with Crippen molar-refractivity contribution in [2.75, 3.05) is 25.4 Å². The van der Waals surface area contributed by atoms with Gasteiger partial charge < -0.3 is 5.32 Å². The molecule has 190 valence electrons. The number of piperazine rings is 1. The van der Waals surface area contributed by atoms with Crippen LogP contribution in [0.15, 0.2) is 84.9 Å². The Morgan fingerprint density at radius 1 is 1.00 bits per heavy atom. The molecule has 2 unspecified atom stereocenters. The molecular weight excluding hydrogens is 481 g/mol. The van der Waals surface area contributed by atoms with Crippen molar-refractivity contribution in [2.24, 2.45) is 5.92 Å². The van der Waals surface area contributed by atoms with Crippen LogP contribution in [-0.2, 0) is 32.7 Å². The number of nitrogens with zero attached hydrogens (tertiary/aromatic N) is 1. The highest BCUT2D eigenvalue weighted by atomic mass is 32.2. The summed E-state index contributed by atoms with van der Waals surface area (Å²) in [5, 5.41) is 3.21. The Hall–Kier alpha value is -3.11. The molecule has 0 aromatic heterocycles. The summed E-state index contributed by atoms with van der Waals surface area (Å²) < 4.78 is 42.2. The first-order valence-corrected chi connectivity index (χ1v) is 13.5. The second kappa shape index (κ2) is 12.2. The normalized spacial score (nSPS) is 17.4. The average molecular weight is 512 g/mol. The Labute approximate surface area is 211 Å². The fourth-order valence-corrected chi connectivity index (χ4v) is 6.23. The molecule has 0 spiro atoms. The van der Waals surface area contributed by atoms with E-state index in [0.29, 0.717) is 18.7 Å². The summed E-state index contributed by atoms with van der Waals surface area (Å²) >= 11 is 0. The van der Waals surface area contributed by atoms with Crippen molar-refractivity contribution in [3.05, 3.63) is 107 Å². The molecule has 7 nitrogen and oxygen atoms in total. The molecule has 3 aromatic carbocycles. The highest BCUT2D eigenvalue weighted by molar-refractivity contribution is 7.89. The molecule has 2 N–H and O–H groups in total. The molecule has 1 amide bonds. The lowest BCUT2D eigenvalue weighted by atomic mass is 10.0. The SMILES string of the molecule is O=C(NOCc1ccccc1)C(Cc1ccccc1)CS(=O)(=O)N1CCNCC1c1ccc(F)cc1. The molecule has 1 saturated heterocycles. The van der Waals surface area contributed by atoms with E-state index in [-0.39, 0.29) is 31.1 Å². The predicted octanol–water partition coefficient (Wildman–Crippen LogP) is 3.21. The minimum absolute atomic E-state index is 0.168. The van der Waals surface area contributed by atoms with Gasteiger partial charge in [-0.2, -0.15) is 4.31 Å². The van der Waals surface area contributed by atoms with E-state index in [9.17, 15) is 17.6 Å². The smallest absolute Gasteiger partial charge is 0.248 e. The Bertz CT molecular complexity index is 1220. The largest absolute Gasteiger partial charge is 0.313 e. The first-order chi connectivity index (χ1) is 17.4. The zero-order valence-corrected chi connectivity index (χ0v) is 20.7. The van der Waals surface area contributed by atoms with Crippen molar-refractivity contribution in [2.45, 2.75) is 19.1 Å². The standard InChI is InChI=1S/C27H30FN3O4S/c28-25-13-11-23(12-14-25)26-18-29-15-16-31(26)36(33,34)20-24(17-21-7-3-1-4-8-21)27(32)30-35-19-22-9-5-2-6-10-22/h1-14,24,26,29H,15-20H2,(H,30,32). The molecular formula is C27H30FN3O4S. The van der Waals surface area contributed by atoms with Crippen LogP contribution >= 0.6 is 0 Å². The van der Waals surface area contributed by atoms with E-state index in [4.69, 9.17) is 4.84 Å². The minimum Gasteiger partial charge on any atom is -0.313 e. The van der Waals surface area contributed by atoms with Gasteiger partial charge in [0.05, 0.1) is 24.3 Å². The highest BCUT2D eigenvalue weighted by Gasteiger charge is 2.36. The quantitative estimate of drug-likeness (QED) is 0.408. The summed E-state index contributed by atoms with van der Waals surface area (Å²) in [6.45, 7) is 1.32. The summed E-state index contributed by atoms with van der Waals surface area (Å²) in [4.78, 5) is 18.5. The molecule has 1 aliphatic heterocycles. The molecule has 9 heteroatoms. The van der Waals surface area contributed by atoms with Crippen LogP contribution in [0.2, 0.25) is 0 Å². The third-order valence-electron chi connectivity index (χ3n) is 6.17. The number of nitrogens with one attached hydrogen (secondary N) is 2. The van der Waals surface area contributed by atoms with Crippen LogP contribution in [0.25, 0.3) is 0 Å². The van der Waals surface area contributed by atoms with Crippen molar-refractivity contribution in [3.63, 3.8) is 0 Å². The van der Waals surface area contributed by atoms with Crippen LogP contribution in [0.3, 0.4) is 0 Å². The lowest BCUT2D eigenvalue weighted by Crippen LogP contribution is -2.50. The number of rotatable bonds is 10. The zero-order valence-electron chi connectivity index (χ0n) is 19.8. The van der Waals surface area contributed by atoms with E-state index in [1.807, 2.05) is 60.7 Å². The number of amides is 1. The number of benzene rings is 3. The summed E-state index contributed by atoms with van der Waals surface area (Å²) in [6, 6.07) is 24.0. The van der Waals surface area contributed by atoms with E-state index in [2.05, 4.69) is 10.8 Å². The molecule has 1 heterocycles. The third kappa shape index (κ3) is 6.98. The predicted molar refractivity (Wildman–Crippen MR) is 136 cm³/mol. The molecule has 4 rings (SSSR count). The molecule has 0 aliphatic carbocycles. The van der Waals surface area contributed by atoms with Crippen molar-refractivity contribution in [1.29, 1.82) is 0 Å². The number of hydrogen-bond donors (Lipinski definition) is 2. The van der Waals surface area contributed by atoms with Gasteiger partial charge >= 0.3 is 0 Å². The number of hydrogen-bond acceptors (Lipinski definition) is 5. The van der Waals surface area contributed by atoms with Gasteiger partial charge in [-0.3, -0.25) is 9.63 Å².